The first-order valence-corrected chi connectivity index (χ1v) is 8.41. The molecule has 0 unspecified atom stereocenters. The number of aromatic nitrogens is 1. The lowest BCUT2D eigenvalue weighted by atomic mass is 10.3. The van der Waals surface area contributed by atoms with Gasteiger partial charge in [-0.1, -0.05) is 29.3 Å². The first-order valence-electron chi connectivity index (χ1n) is 7.66. The van der Waals surface area contributed by atoms with Crippen molar-refractivity contribution in [3.63, 3.8) is 0 Å². The molecular weight excluding hydrogens is 375 g/mol. The highest BCUT2D eigenvalue weighted by Crippen LogP contribution is 2.26. The van der Waals surface area contributed by atoms with Gasteiger partial charge in [-0.3, -0.25) is 9.78 Å². The summed E-state index contributed by atoms with van der Waals surface area (Å²) in [5.41, 5.74) is 0.597. The normalized spacial score (nSPS) is 10.2. The van der Waals surface area contributed by atoms with Crippen molar-refractivity contribution in [3.05, 3.63) is 77.0 Å². The van der Waals surface area contributed by atoms with Gasteiger partial charge in [0, 0.05) is 30.2 Å². The van der Waals surface area contributed by atoms with Gasteiger partial charge in [-0.2, -0.15) is 0 Å². The van der Waals surface area contributed by atoms with Gasteiger partial charge in [-0.25, -0.2) is 0 Å². The maximum atomic E-state index is 12.1. The van der Waals surface area contributed by atoms with Crippen LogP contribution in [0, 0.1) is 0 Å². The van der Waals surface area contributed by atoms with Gasteiger partial charge < -0.3 is 14.8 Å². The van der Waals surface area contributed by atoms with E-state index in [4.69, 9.17) is 32.7 Å². The SMILES string of the molecule is O=C(COc1ccc(Cl)c(Cl)c1)Nc1cccc(Oc2ccncc2)c1. The van der Waals surface area contributed by atoms with Crippen LogP contribution in [0.4, 0.5) is 5.69 Å². The third-order valence-electron chi connectivity index (χ3n) is 3.26. The second-order valence-electron chi connectivity index (χ2n) is 5.23. The minimum Gasteiger partial charge on any atom is -0.484 e. The minimum atomic E-state index is -0.308. The zero-order valence-electron chi connectivity index (χ0n) is 13.5. The van der Waals surface area contributed by atoms with Gasteiger partial charge in [0.05, 0.1) is 10.0 Å². The fourth-order valence-electron chi connectivity index (χ4n) is 2.09. The molecule has 0 saturated carbocycles. The fourth-order valence-corrected chi connectivity index (χ4v) is 2.38. The van der Waals surface area contributed by atoms with Crippen LogP contribution in [0.3, 0.4) is 0 Å². The quantitative estimate of drug-likeness (QED) is 0.630. The van der Waals surface area contributed by atoms with Crippen molar-refractivity contribution in [3.8, 4) is 17.2 Å². The highest BCUT2D eigenvalue weighted by molar-refractivity contribution is 6.42. The van der Waals surface area contributed by atoms with E-state index in [2.05, 4.69) is 10.3 Å². The Labute approximate surface area is 160 Å². The van der Waals surface area contributed by atoms with Crippen LogP contribution in [0.1, 0.15) is 0 Å². The number of amides is 1. The summed E-state index contributed by atoms with van der Waals surface area (Å²) in [7, 11) is 0. The summed E-state index contributed by atoms with van der Waals surface area (Å²) in [5.74, 6) is 1.41. The van der Waals surface area contributed by atoms with E-state index < -0.39 is 0 Å². The van der Waals surface area contributed by atoms with Gasteiger partial charge in [0.25, 0.3) is 5.91 Å². The van der Waals surface area contributed by atoms with E-state index in [0.29, 0.717) is 33.0 Å². The maximum Gasteiger partial charge on any atom is 0.262 e. The summed E-state index contributed by atoms with van der Waals surface area (Å²) in [6.07, 6.45) is 3.28. The second-order valence-corrected chi connectivity index (χ2v) is 6.04. The summed E-state index contributed by atoms with van der Waals surface area (Å²) in [4.78, 5) is 16.0. The molecule has 26 heavy (non-hydrogen) atoms. The topological polar surface area (TPSA) is 60.5 Å². The molecule has 1 N–H and O–H groups in total. The summed E-state index contributed by atoms with van der Waals surface area (Å²) in [6.45, 7) is -0.159. The van der Waals surface area contributed by atoms with Crippen molar-refractivity contribution in [2.24, 2.45) is 0 Å². The monoisotopic (exact) mass is 388 g/mol. The Morgan fingerprint density at radius 1 is 0.923 bits per heavy atom. The molecule has 3 rings (SSSR count). The molecule has 1 amide bonds. The van der Waals surface area contributed by atoms with Crippen LogP contribution in [0.2, 0.25) is 10.0 Å². The molecule has 7 heteroatoms. The Hall–Kier alpha value is -2.76. The highest BCUT2D eigenvalue weighted by atomic mass is 35.5. The van der Waals surface area contributed by atoms with E-state index in [1.807, 2.05) is 0 Å². The van der Waals surface area contributed by atoms with E-state index in [0.717, 1.165) is 0 Å². The smallest absolute Gasteiger partial charge is 0.262 e. The second kappa shape index (κ2) is 8.56. The molecule has 2 aromatic carbocycles. The van der Waals surface area contributed by atoms with E-state index >= 15 is 0 Å². The molecule has 0 spiro atoms. The average Bonchev–Trinajstić information content (AvgIpc) is 2.64. The Bertz CT molecular complexity index is 904. The van der Waals surface area contributed by atoms with Crippen molar-refractivity contribution in [1.29, 1.82) is 0 Å². The molecule has 0 saturated heterocycles. The molecule has 5 nitrogen and oxygen atoms in total. The summed E-state index contributed by atoms with van der Waals surface area (Å²) < 4.78 is 11.1. The van der Waals surface area contributed by atoms with E-state index in [1.54, 1.807) is 67.0 Å². The molecule has 0 aliphatic rings. The largest absolute Gasteiger partial charge is 0.484 e. The number of halogens is 2. The summed E-state index contributed by atoms with van der Waals surface area (Å²) >= 11 is 11.8. The molecule has 0 bridgehead atoms. The molecule has 0 fully saturated rings. The molecule has 0 atom stereocenters. The summed E-state index contributed by atoms with van der Waals surface area (Å²) in [5, 5.41) is 3.54. The van der Waals surface area contributed by atoms with Gasteiger partial charge in [0.1, 0.15) is 17.2 Å². The van der Waals surface area contributed by atoms with Crippen LogP contribution >= 0.6 is 23.2 Å². The third-order valence-corrected chi connectivity index (χ3v) is 4.00. The number of carbonyl (C=O) groups excluding carboxylic acids is 1. The van der Waals surface area contributed by atoms with Crippen LogP contribution in [-0.4, -0.2) is 17.5 Å². The average molecular weight is 389 g/mol. The lowest BCUT2D eigenvalue weighted by molar-refractivity contribution is -0.118. The number of benzene rings is 2. The van der Waals surface area contributed by atoms with E-state index in [1.165, 1.54) is 0 Å². The lowest BCUT2D eigenvalue weighted by Gasteiger charge is -2.10. The molecule has 132 valence electrons. The Morgan fingerprint density at radius 3 is 2.50 bits per heavy atom. The first kappa shape index (κ1) is 18.0. The number of ether oxygens (including phenoxy) is 2. The number of rotatable bonds is 6. The number of nitrogens with zero attached hydrogens (tertiary/aromatic N) is 1. The van der Waals surface area contributed by atoms with Crippen LogP contribution in [0.5, 0.6) is 17.2 Å². The zero-order valence-corrected chi connectivity index (χ0v) is 15.0. The molecule has 1 heterocycles. The molecular formula is C19H14Cl2N2O3. The van der Waals surface area contributed by atoms with Crippen LogP contribution in [-0.2, 0) is 4.79 Å². The van der Waals surface area contributed by atoms with Gasteiger partial charge in [-0.15, -0.1) is 0 Å². The highest BCUT2D eigenvalue weighted by Gasteiger charge is 2.07. The number of nitrogens with one attached hydrogen (secondary N) is 1. The standard InChI is InChI=1S/C19H14Cl2N2O3/c20-17-5-4-15(11-18(17)21)25-12-19(24)23-13-2-1-3-16(10-13)26-14-6-8-22-9-7-14/h1-11H,12H2,(H,23,24). The Balaban J connectivity index is 1.57. The van der Waals surface area contributed by atoms with Crippen molar-refractivity contribution in [2.45, 2.75) is 0 Å². The fraction of sp³-hybridized carbons (Fsp3) is 0.0526. The Morgan fingerprint density at radius 2 is 1.73 bits per heavy atom. The van der Waals surface area contributed by atoms with Crippen molar-refractivity contribution in [1.82, 2.24) is 4.98 Å². The lowest BCUT2D eigenvalue weighted by Crippen LogP contribution is -2.20. The van der Waals surface area contributed by atoms with E-state index in [9.17, 15) is 4.79 Å². The summed E-state index contributed by atoms with van der Waals surface area (Å²) in [6, 6.07) is 15.4. The molecule has 3 aromatic rings. The number of hydrogen-bond acceptors (Lipinski definition) is 4. The number of carbonyl (C=O) groups is 1. The molecule has 0 aliphatic carbocycles. The predicted octanol–water partition coefficient (Wildman–Crippen LogP) is 5.20. The maximum absolute atomic E-state index is 12.1. The van der Waals surface area contributed by atoms with Gasteiger partial charge in [0.2, 0.25) is 0 Å². The minimum absolute atomic E-state index is 0.159. The first-order chi connectivity index (χ1) is 12.6. The van der Waals surface area contributed by atoms with Crippen molar-refractivity contribution in [2.75, 3.05) is 11.9 Å². The predicted molar refractivity (Wildman–Crippen MR) is 101 cm³/mol. The van der Waals surface area contributed by atoms with Crippen molar-refractivity contribution >= 4 is 34.8 Å². The number of pyridine rings is 1. The molecule has 0 aliphatic heterocycles. The number of anilines is 1. The van der Waals surface area contributed by atoms with Gasteiger partial charge in [-0.05, 0) is 36.4 Å². The third kappa shape index (κ3) is 5.12. The van der Waals surface area contributed by atoms with Gasteiger partial charge in [0.15, 0.2) is 6.61 Å². The zero-order chi connectivity index (χ0) is 18.4. The van der Waals surface area contributed by atoms with Crippen LogP contribution < -0.4 is 14.8 Å². The molecule has 1 aromatic heterocycles. The molecule has 0 radical (unpaired) electrons. The number of hydrogen-bond donors (Lipinski definition) is 1. The van der Waals surface area contributed by atoms with E-state index in [-0.39, 0.29) is 12.5 Å². The van der Waals surface area contributed by atoms with Crippen LogP contribution in [0.15, 0.2) is 67.0 Å². The Kier molecular flexibility index (Phi) is 5.94. The van der Waals surface area contributed by atoms with Gasteiger partial charge >= 0.3 is 0 Å². The van der Waals surface area contributed by atoms with Crippen molar-refractivity contribution < 1.29 is 14.3 Å². The van der Waals surface area contributed by atoms with Crippen LogP contribution in [0.25, 0.3) is 0 Å².